The first-order valence-corrected chi connectivity index (χ1v) is 10.2. The number of aromatic nitrogens is 2. The molecule has 0 radical (unpaired) electrons. The normalized spacial score (nSPS) is 11.5. The number of alkyl halides is 3. The van der Waals surface area contributed by atoms with Crippen molar-refractivity contribution in [2.45, 2.75) is 19.3 Å². The number of ether oxygens (including phenoxy) is 1. The SMILES string of the molecule is O=C(O)Cn1cc(-c2ccc(COc3ccc(-c4ccccc4F)c(C(F)(F)F)c3)cc2F)cn1. The zero-order valence-corrected chi connectivity index (χ0v) is 17.9. The summed E-state index contributed by atoms with van der Waals surface area (Å²) >= 11 is 0. The van der Waals surface area contributed by atoms with Crippen molar-refractivity contribution in [2.75, 3.05) is 0 Å². The number of carbonyl (C=O) groups is 1. The van der Waals surface area contributed by atoms with Gasteiger partial charge in [0.1, 0.15) is 30.5 Å². The van der Waals surface area contributed by atoms with E-state index in [4.69, 9.17) is 9.84 Å². The highest BCUT2D eigenvalue weighted by Gasteiger charge is 2.34. The molecular weight excluding hydrogens is 471 g/mol. The summed E-state index contributed by atoms with van der Waals surface area (Å²) in [6, 6.07) is 12.5. The summed E-state index contributed by atoms with van der Waals surface area (Å²) in [7, 11) is 0. The molecule has 0 aliphatic rings. The van der Waals surface area contributed by atoms with E-state index in [1.807, 2.05) is 0 Å². The van der Waals surface area contributed by atoms with Gasteiger partial charge in [-0.15, -0.1) is 0 Å². The molecule has 0 unspecified atom stereocenters. The predicted octanol–water partition coefficient (Wildman–Crippen LogP) is 6.18. The van der Waals surface area contributed by atoms with Gasteiger partial charge in [0.25, 0.3) is 0 Å². The van der Waals surface area contributed by atoms with Crippen LogP contribution >= 0.6 is 0 Å². The third-order valence-corrected chi connectivity index (χ3v) is 5.14. The van der Waals surface area contributed by atoms with Crippen LogP contribution in [-0.4, -0.2) is 20.9 Å². The minimum atomic E-state index is -4.75. The molecule has 1 aromatic heterocycles. The van der Waals surface area contributed by atoms with Crippen LogP contribution in [0, 0.1) is 11.6 Å². The van der Waals surface area contributed by atoms with E-state index in [2.05, 4.69) is 5.10 Å². The largest absolute Gasteiger partial charge is 0.489 e. The monoisotopic (exact) mass is 488 g/mol. The topological polar surface area (TPSA) is 64.3 Å². The van der Waals surface area contributed by atoms with Crippen LogP contribution in [0.25, 0.3) is 22.3 Å². The van der Waals surface area contributed by atoms with E-state index in [0.29, 0.717) is 11.1 Å². The van der Waals surface area contributed by atoms with Gasteiger partial charge < -0.3 is 9.84 Å². The van der Waals surface area contributed by atoms with Crippen molar-refractivity contribution in [1.29, 1.82) is 0 Å². The maximum absolute atomic E-state index is 14.6. The average molecular weight is 488 g/mol. The third kappa shape index (κ3) is 5.48. The summed E-state index contributed by atoms with van der Waals surface area (Å²) in [5.74, 6) is -2.62. The minimum absolute atomic E-state index is 0.114. The molecule has 0 amide bonds. The molecule has 1 N–H and O–H groups in total. The molecule has 1 heterocycles. The van der Waals surface area contributed by atoms with E-state index < -0.39 is 29.3 Å². The highest BCUT2D eigenvalue weighted by Crippen LogP contribution is 2.40. The quantitative estimate of drug-likeness (QED) is 0.316. The summed E-state index contributed by atoms with van der Waals surface area (Å²) in [4.78, 5) is 10.8. The van der Waals surface area contributed by atoms with E-state index in [0.717, 1.165) is 22.9 Å². The molecule has 0 saturated carbocycles. The van der Waals surface area contributed by atoms with Crippen molar-refractivity contribution < 1.29 is 36.6 Å². The Labute approximate surface area is 196 Å². The van der Waals surface area contributed by atoms with Gasteiger partial charge >= 0.3 is 12.1 Å². The van der Waals surface area contributed by atoms with Crippen molar-refractivity contribution in [3.05, 3.63) is 95.8 Å². The van der Waals surface area contributed by atoms with Crippen LogP contribution in [0.3, 0.4) is 0 Å². The minimum Gasteiger partial charge on any atom is -0.489 e. The maximum atomic E-state index is 14.6. The smallest absolute Gasteiger partial charge is 0.417 e. The highest BCUT2D eigenvalue weighted by molar-refractivity contribution is 5.70. The van der Waals surface area contributed by atoms with Crippen LogP contribution in [0.4, 0.5) is 22.0 Å². The van der Waals surface area contributed by atoms with E-state index in [9.17, 15) is 26.7 Å². The number of rotatable bonds is 7. The Kier molecular flexibility index (Phi) is 6.54. The molecule has 3 aromatic carbocycles. The van der Waals surface area contributed by atoms with Crippen molar-refractivity contribution in [1.82, 2.24) is 9.78 Å². The molecule has 4 rings (SSSR count). The van der Waals surface area contributed by atoms with Gasteiger partial charge in [-0.05, 0) is 41.5 Å². The van der Waals surface area contributed by atoms with Crippen LogP contribution in [0.1, 0.15) is 11.1 Å². The second kappa shape index (κ2) is 9.57. The standard InChI is InChI=1S/C25H17F5N2O3/c26-22-4-2-1-3-20(22)19-8-6-17(10-21(19)25(28,29)30)35-14-15-5-7-18(23(27)9-15)16-11-31-32(12-16)13-24(33)34/h1-12H,13-14H2,(H,33,34). The Bertz CT molecular complexity index is 1380. The Morgan fingerprint density at radius 1 is 0.943 bits per heavy atom. The fraction of sp³-hybridized carbons (Fsp3) is 0.120. The summed E-state index contributed by atoms with van der Waals surface area (Å²) in [5.41, 5.74) is -0.651. The van der Waals surface area contributed by atoms with Gasteiger partial charge in [-0.3, -0.25) is 9.48 Å². The fourth-order valence-electron chi connectivity index (χ4n) is 3.54. The predicted molar refractivity (Wildman–Crippen MR) is 116 cm³/mol. The van der Waals surface area contributed by atoms with Gasteiger partial charge in [0.05, 0.1) is 11.8 Å². The summed E-state index contributed by atoms with van der Waals surface area (Å²) in [5, 5.41) is 12.7. The van der Waals surface area contributed by atoms with E-state index in [1.165, 1.54) is 54.9 Å². The first kappa shape index (κ1) is 23.9. The van der Waals surface area contributed by atoms with E-state index >= 15 is 0 Å². The van der Waals surface area contributed by atoms with Gasteiger partial charge in [0.15, 0.2) is 0 Å². The van der Waals surface area contributed by atoms with Crippen LogP contribution in [0.15, 0.2) is 73.1 Å². The van der Waals surface area contributed by atoms with Crippen molar-refractivity contribution in [2.24, 2.45) is 0 Å². The molecule has 0 spiro atoms. The molecule has 0 fully saturated rings. The number of hydrogen-bond donors (Lipinski definition) is 1. The maximum Gasteiger partial charge on any atom is 0.417 e. The van der Waals surface area contributed by atoms with Crippen LogP contribution in [0.5, 0.6) is 5.75 Å². The van der Waals surface area contributed by atoms with Gasteiger partial charge in [0, 0.05) is 22.9 Å². The fourth-order valence-corrected chi connectivity index (χ4v) is 3.54. The number of nitrogens with zero attached hydrogens (tertiary/aromatic N) is 2. The molecule has 0 atom stereocenters. The number of carboxylic acids is 1. The molecule has 0 saturated heterocycles. The Morgan fingerprint density at radius 3 is 2.37 bits per heavy atom. The third-order valence-electron chi connectivity index (χ3n) is 5.14. The second-order valence-corrected chi connectivity index (χ2v) is 7.61. The second-order valence-electron chi connectivity index (χ2n) is 7.61. The first-order valence-electron chi connectivity index (χ1n) is 10.2. The first-order chi connectivity index (χ1) is 16.6. The van der Waals surface area contributed by atoms with Gasteiger partial charge in [-0.25, -0.2) is 8.78 Å². The lowest BCUT2D eigenvalue weighted by Crippen LogP contribution is -2.08. The number of aliphatic carboxylic acids is 1. The molecule has 0 bridgehead atoms. The Morgan fingerprint density at radius 2 is 1.69 bits per heavy atom. The molecule has 10 heteroatoms. The molecule has 0 aliphatic carbocycles. The molecule has 5 nitrogen and oxygen atoms in total. The van der Waals surface area contributed by atoms with E-state index in [1.54, 1.807) is 0 Å². The lowest BCUT2D eigenvalue weighted by Gasteiger charge is -2.16. The van der Waals surface area contributed by atoms with E-state index in [-0.39, 0.29) is 35.6 Å². The lowest BCUT2D eigenvalue weighted by atomic mass is 9.98. The molecule has 35 heavy (non-hydrogen) atoms. The van der Waals surface area contributed by atoms with Crippen LogP contribution < -0.4 is 4.74 Å². The summed E-state index contributed by atoms with van der Waals surface area (Å²) in [6.07, 6.45) is -2.04. The molecular formula is C25H17F5N2O3. The lowest BCUT2D eigenvalue weighted by molar-refractivity contribution is -0.138. The summed E-state index contributed by atoms with van der Waals surface area (Å²) < 4.78 is 76.4. The molecule has 0 aliphatic heterocycles. The number of hydrogen-bond acceptors (Lipinski definition) is 3. The zero-order valence-electron chi connectivity index (χ0n) is 17.9. The number of halogens is 5. The van der Waals surface area contributed by atoms with Gasteiger partial charge in [0.2, 0.25) is 0 Å². The van der Waals surface area contributed by atoms with Gasteiger partial charge in [-0.1, -0.05) is 30.3 Å². The Hall–Kier alpha value is -4.21. The summed E-state index contributed by atoms with van der Waals surface area (Å²) in [6.45, 7) is -0.588. The van der Waals surface area contributed by atoms with Crippen LogP contribution in [0.2, 0.25) is 0 Å². The van der Waals surface area contributed by atoms with Crippen molar-refractivity contribution in [3.8, 4) is 28.0 Å². The highest BCUT2D eigenvalue weighted by atomic mass is 19.4. The molecule has 4 aromatic rings. The number of carboxylic acid groups (broad SMARTS) is 1. The van der Waals surface area contributed by atoms with Crippen molar-refractivity contribution in [3.63, 3.8) is 0 Å². The van der Waals surface area contributed by atoms with Gasteiger partial charge in [-0.2, -0.15) is 18.3 Å². The zero-order chi connectivity index (χ0) is 25.2. The average Bonchev–Trinajstić information content (AvgIpc) is 3.25. The Balaban J connectivity index is 1.53. The van der Waals surface area contributed by atoms with Crippen molar-refractivity contribution >= 4 is 5.97 Å². The molecule has 180 valence electrons. The number of benzene rings is 3. The van der Waals surface area contributed by atoms with Crippen LogP contribution in [-0.2, 0) is 24.1 Å².